The van der Waals surface area contributed by atoms with E-state index in [1.54, 1.807) is 0 Å². The number of carboxylic acids is 1. The van der Waals surface area contributed by atoms with Crippen molar-refractivity contribution in [2.75, 3.05) is 13.2 Å². The maximum atomic E-state index is 11.5. The van der Waals surface area contributed by atoms with Gasteiger partial charge in [0.15, 0.2) is 11.9 Å². The summed E-state index contributed by atoms with van der Waals surface area (Å²) in [6.07, 6.45) is 10.4. The summed E-state index contributed by atoms with van der Waals surface area (Å²) in [4.78, 5) is 35.4. The van der Waals surface area contributed by atoms with Gasteiger partial charge in [-0.05, 0) is 19.4 Å². The number of carboxylic acid groups (broad SMARTS) is 1. The van der Waals surface area contributed by atoms with E-state index in [4.69, 9.17) is 26.2 Å². The zero-order chi connectivity index (χ0) is 22.8. The predicted octanol–water partition coefficient (Wildman–Crippen LogP) is -1.82. The Labute approximate surface area is 168 Å². The first-order valence-electron chi connectivity index (χ1n) is 8.46. The fraction of sp³-hybridized carbons (Fsp3) is 0.562. The second-order valence-electron chi connectivity index (χ2n) is 5.45. The van der Waals surface area contributed by atoms with E-state index in [0.717, 1.165) is 12.8 Å². The minimum atomic E-state index is -1.38. The summed E-state index contributed by atoms with van der Waals surface area (Å²) in [5.74, 6) is -1.20. The lowest BCUT2D eigenvalue weighted by molar-refractivity contribution is -0.140. The van der Waals surface area contributed by atoms with E-state index < -0.39 is 24.6 Å². The lowest BCUT2D eigenvalue weighted by Crippen LogP contribution is -2.47. The van der Waals surface area contributed by atoms with Crippen molar-refractivity contribution in [1.82, 2.24) is 20.8 Å². The number of unbranched alkanes of at least 4 members (excludes halogenated alkanes) is 1. The van der Waals surface area contributed by atoms with Crippen molar-refractivity contribution in [2.45, 2.75) is 44.8 Å². The summed E-state index contributed by atoms with van der Waals surface area (Å²) in [6.45, 7) is 1.09. The van der Waals surface area contributed by atoms with Gasteiger partial charge in [-0.15, -0.1) is 12.8 Å². The van der Waals surface area contributed by atoms with Gasteiger partial charge in [-0.1, -0.05) is 11.6 Å². The summed E-state index contributed by atoms with van der Waals surface area (Å²) in [5, 5.41) is 25.6. The highest BCUT2D eigenvalue weighted by atomic mass is 16.5. The first kappa shape index (κ1) is 28.0. The van der Waals surface area contributed by atoms with Gasteiger partial charge in [0.2, 0.25) is 11.8 Å². The predicted molar refractivity (Wildman–Crippen MR) is 103 cm³/mol. The molecule has 1 aromatic rings. The number of nitrogens with one attached hydrogen (secondary N) is 2. The molecular formula is C16H29N7O6. The van der Waals surface area contributed by atoms with E-state index in [-0.39, 0.29) is 24.4 Å². The average Bonchev–Trinajstić information content (AvgIpc) is 3.14. The SMILES string of the molecule is C#C.CC(N)=O.NCCCC[C@H](N)c1noc(CNC(=O)N[C@@H](CO)C(=O)O)n1. The van der Waals surface area contributed by atoms with E-state index in [0.29, 0.717) is 18.8 Å². The van der Waals surface area contributed by atoms with Crippen molar-refractivity contribution in [2.24, 2.45) is 17.2 Å². The zero-order valence-corrected chi connectivity index (χ0v) is 16.2. The summed E-state index contributed by atoms with van der Waals surface area (Å²) in [5.41, 5.74) is 15.8. The molecule has 1 rings (SSSR count). The van der Waals surface area contributed by atoms with Gasteiger partial charge in [-0.2, -0.15) is 4.98 Å². The van der Waals surface area contributed by atoms with Crippen LogP contribution in [0.4, 0.5) is 4.79 Å². The largest absolute Gasteiger partial charge is 0.480 e. The van der Waals surface area contributed by atoms with Crippen LogP contribution in [0, 0.1) is 12.8 Å². The molecule has 0 radical (unpaired) electrons. The van der Waals surface area contributed by atoms with E-state index in [2.05, 4.69) is 39.4 Å². The van der Waals surface area contributed by atoms with Gasteiger partial charge in [0.1, 0.15) is 0 Å². The fourth-order valence-electron chi connectivity index (χ4n) is 1.68. The van der Waals surface area contributed by atoms with Crippen molar-refractivity contribution in [3.05, 3.63) is 11.7 Å². The Bertz CT molecular complexity index is 630. The minimum absolute atomic E-state index is 0.0911. The van der Waals surface area contributed by atoms with E-state index >= 15 is 0 Å². The summed E-state index contributed by atoms with van der Waals surface area (Å²) < 4.78 is 4.95. The van der Waals surface area contributed by atoms with Crippen LogP contribution in [0.1, 0.15) is 43.9 Å². The molecule has 3 amide bonds. The molecule has 0 aliphatic heterocycles. The number of carbonyl (C=O) groups excluding carboxylic acids is 2. The number of aliphatic hydroxyl groups excluding tert-OH is 1. The number of hydrogen-bond donors (Lipinski definition) is 7. The molecule has 1 heterocycles. The van der Waals surface area contributed by atoms with Crippen LogP contribution >= 0.6 is 0 Å². The van der Waals surface area contributed by atoms with Crippen molar-refractivity contribution in [1.29, 1.82) is 0 Å². The Hall–Kier alpha value is -3.21. The normalized spacial score (nSPS) is 11.5. The number of primary amides is 1. The molecule has 0 saturated carbocycles. The summed E-state index contributed by atoms with van der Waals surface area (Å²) >= 11 is 0. The molecule has 13 nitrogen and oxygen atoms in total. The van der Waals surface area contributed by atoms with Crippen molar-refractivity contribution < 1.29 is 29.1 Å². The molecule has 0 aliphatic carbocycles. The number of hydrogen-bond acceptors (Lipinski definition) is 9. The number of terminal acetylenes is 1. The highest BCUT2D eigenvalue weighted by molar-refractivity contribution is 5.82. The molecule has 0 aromatic carbocycles. The molecule has 0 spiro atoms. The Morgan fingerprint density at radius 1 is 1.28 bits per heavy atom. The number of nitrogens with zero attached hydrogens (tertiary/aromatic N) is 2. The number of rotatable bonds is 10. The van der Waals surface area contributed by atoms with Gasteiger partial charge in [-0.3, -0.25) is 4.79 Å². The third-order valence-electron chi connectivity index (χ3n) is 2.97. The second kappa shape index (κ2) is 16.9. The molecule has 0 saturated heterocycles. The molecule has 0 bridgehead atoms. The number of nitrogens with two attached hydrogens (primary N) is 3. The number of carbonyl (C=O) groups is 3. The molecule has 0 unspecified atom stereocenters. The Kier molecular flexibility index (Phi) is 16.3. The van der Waals surface area contributed by atoms with Gasteiger partial charge >= 0.3 is 12.0 Å². The van der Waals surface area contributed by atoms with Crippen LogP contribution in [-0.2, 0) is 16.1 Å². The molecule has 13 heteroatoms. The van der Waals surface area contributed by atoms with Gasteiger partial charge in [-0.25, -0.2) is 9.59 Å². The molecule has 2 atom stereocenters. The number of aliphatic carboxylic acids is 1. The van der Waals surface area contributed by atoms with E-state index in [1.807, 2.05) is 0 Å². The van der Waals surface area contributed by atoms with Gasteiger partial charge in [0.25, 0.3) is 0 Å². The monoisotopic (exact) mass is 415 g/mol. The van der Waals surface area contributed by atoms with Crippen molar-refractivity contribution >= 4 is 17.9 Å². The topological polar surface area (TPSA) is 233 Å². The van der Waals surface area contributed by atoms with E-state index in [9.17, 15) is 14.4 Å². The smallest absolute Gasteiger partial charge is 0.328 e. The van der Waals surface area contributed by atoms with Crippen LogP contribution in [0.5, 0.6) is 0 Å². The van der Waals surface area contributed by atoms with Gasteiger partial charge in [0.05, 0.1) is 19.2 Å². The van der Waals surface area contributed by atoms with Gasteiger partial charge < -0.3 is 42.6 Å². The van der Waals surface area contributed by atoms with Crippen molar-refractivity contribution in [3.63, 3.8) is 0 Å². The molecule has 10 N–H and O–H groups in total. The Balaban J connectivity index is 0. The Morgan fingerprint density at radius 3 is 2.34 bits per heavy atom. The lowest BCUT2D eigenvalue weighted by atomic mass is 10.1. The highest BCUT2D eigenvalue weighted by Crippen LogP contribution is 2.13. The number of aliphatic hydroxyl groups is 1. The van der Waals surface area contributed by atoms with Crippen LogP contribution < -0.4 is 27.8 Å². The first-order chi connectivity index (χ1) is 13.7. The second-order valence-corrected chi connectivity index (χ2v) is 5.45. The van der Waals surface area contributed by atoms with E-state index in [1.165, 1.54) is 6.92 Å². The van der Waals surface area contributed by atoms with Crippen LogP contribution in [-0.4, -0.2) is 57.5 Å². The average molecular weight is 415 g/mol. The molecule has 0 aliphatic rings. The number of urea groups is 1. The Morgan fingerprint density at radius 2 is 1.86 bits per heavy atom. The fourth-order valence-corrected chi connectivity index (χ4v) is 1.68. The summed E-state index contributed by atoms with van der Waals surface area (Å²) in [7, 11) is 0. The van der Waals surface area contributed by atoms with Crippen LogP contribution in [0.15, 0.2) is 4.52 Å². The van der Waals surface area contributed by atoms with Crippen LogP contribution in [0.2, 0.25) is 0 Å². The zero-order valence-electron chi connectivity index (χ0n) is 16.2. The minimum Gasteiger partial charge on any atom is -0.480 e. The molecule has 29 heavy (non-hydrogen) atoms. The molecule has 164 valence electrons. The molecule has 1 aromatic heterocycles. The maximum Gasteiger partial charge on any atom is 0.328 e. The number of aromatic nitrogens is 2. The quantitative estimate of drug-likeness (QED) is 0.167. The molecular weight excluding hydrogens is 386 g/mol. The number of amides is 3. The maximum absolute atomic E-state index is 11.5. The third-order valence-corrected chi connectivity index (χ3v) is 2.97. The summed E-state index contributed by atoms with van der Waals surface area (Å²) in [6, 6.07) is -2.54. The molecule has 0 fully saturated rings. The highest BCUT2D eigenvalue weighted by Gasteiger charge is 2.19. The van der Waals surface area contributed by atoms with Crippen molar-refractivity contribution in [3.8, 4) is 12.8 Å². The third kappa shape index (κ3) is 14.5. The lowest BCUT2D eigenvalue weighted by Gasteiger charge is -2.11. The van der Waals surface area contributed by atoms with Crippen LogP contribution in [0.25, 0.3) is 0 Å². The van der Waals surface area contributed by atoms with Crippen LogP contribution in [0.3, 0.4) is 0 Å². The van der Waals surface area contributed by atoms with Gasteiger partial charge in [0, 0.05) is 6.92 Å². The first-order valence-corrected chi connectivity index (χ1v) is 8.46. The standard InChI is InChI=1S/C12H22N6O5.C2H5NO.C2H2/c13-4-2-1-3-7(14)10-17-9(23-18-10)5-15-12(22)16-8(6-19)11(20)21;1-2(3)4;1-2/h7-8,19H,1-6,13-14H2,(H,20,21)(H2,15,16,22);1H3,(H2,3,4);1-2H/t7-,8-;;/m0../s1.